The molecule has 0 aliphatic heterocycles. The molecule has 0 bridgehead atoms. The van der Waals surface area contributed by atoms with Crippen molar-refractivity contribution in [3.63, 3.8) is 0 Å². The van der Waals surface area contributed by atoms with E-state index in [0.29, 0.717) is 24.6 Å². The van der Waals surface area contributed by atoms with Crippen molar-refractivity contribution in [1.82, 2.24) is 0 Å². The summed E-state index contributed by atoms with van der Waals surface area (Å²) in [7, 11) is 1.45. The van der Waals surface area contributed by atoms with Crippen LogP contribution >= 0.6 is 0 Å². The number of nitrogens with one attached hydrogen (secondary N) is 1. The zero-order valence-electron chi connectivity index (χ0n) is 10.1. The lowest BCUT2D eigenvalue weighted by Crippen LogP contribution is -2.12. The van der Waals surface area contributed by atoms with E-state index in [9.17, 15) is 10.1 Å². The van der Waals surface area contributed by atoms with E-state index in [-0.39, 0.29) is 18.9 Å². The van der Waals surface area contributed by atoms with Gasteiger partial charge in [-0.3, -0.25) is 10.1 Å². The Morgan fingerprint density at radius 2 is 2.22 bits per heavy atom. The Bertz CT molecular complexity index is 397. The van der Waals surface area contributed by atoms with Crippen LogP contribution in [0.2, 0.25) is 0 Å². The second-order valence-electron chi connectivity index (χ2n) is 3.40. The normalized spacial score (nSPS) is 10.1. The number of nitro benzene ring substituents is 1. The monoisotopic (exact) mass is 256 g/mol. The summed E-state index contributed by atoms with van der Waals surface area (Å²) in [6, 6.07) is 4.59. The van der Waals surface area contributed by atoms with Gasteiger partial charge < -0.3 is 19.9 Å². The number of aliphatic hydroxyl groups is 1. The van der Waals surface area contributed by atoms with Gasteiger partial charge in [-0.25, -0.2) is 0 Å². The molecule has 0 aromatic heterocycles. The number of anilines is 1. The third kappa shape index (κ3) is 4.19. The van der Waals surface area contributed by atoms with Gasteiger partial charge in [-0.1, -0.05) is 0 Å². The highest BCUT2D eigenvalue weighted by atomic mass is 16.6. The molecule has 0 fully saturated rings. The molecule has 0 spiro atoms. The molecule has 7 heteroatoms. The average molecular weight is 256 g/mol. The molecule has 0 saturated heterocycles. The Labute approximate surface area is 104 Å². The van der Waals surface area contributed by atoms with Crippen molar-refractivity contribution in [3.8, 4) is 5.75 Å². The van der Waals surface area contributed by atoms with Crippen LogP contribution in [0.25, 0.3) is 0 Å². The zero-order valence-corrected chi connectivity index (χ0v) is 10.1. The minimum Gasteiger partial charge on any atom is -0.496 e. The van der Waals surface area contributed by atoms with Crippen LogP contribution in [-0.2, 0) is 4.74 Å². The minimum absolute atomic E-state index is 0.0390. The van der Waals surface area contributed by atoms with Gasteiger partial charge in [-0.15, -0.1) is 0 Å². The van der Waals surface area contributed by atoms with Crippen molar-refractivity contribution in [2.45, 2.75) is 0 Å². The Morgan fingerprint density at radius 1 is 1.44 bits per heavy atom. The smallest absolute Gasteiger partial charge is 0.296 e. The van der Waals surface area contributed by atoms with Gasteiger partial charge in [-0.2, -0.15) is 0 Å². The molecular formula is C11H16N2O5. The van der Waals surface area contributed by atoms with Crippen LogP contribution in [0.1, 0.15) is 0 Å². The van der Waals surface area contributed by atoms with Crippen LogP contribution in [0.4, 0.5) is 11.4 Å². The van der Waals surface area contributed by atoms with E-state index in [2.05, 4.69) is 5.32 Å². The van der Waals surface area contributed by atoms with Crippen molar-refractivity contribution in [3.05, 3.63) is 28.3 Å². The summed E-state index contributed by atoms with van der Waals surface area (Å²) in [6.45, 7) is 1.01. The van der Waals surface area contributed by atoms with Crippen molar-refractivity contribution in [2.24, 2.45) is 0 Å². The highest BCUT2D eigenvalue weighted by Gasteiger charge is 2.14. The lowest BCUT2D eigenvalue weighted by atomic mass is 10.2. The first-order chi connectivity index (χ1) is 8.69. The molecule has 0 radical (unpaired) electrons. The molecule has 18 heavy (non-hydrogen) atoms. The van der Waals surface area contributed by atoms with E-state index in [0.717, 1.165) is 0 Å². The maximum absolute atomic E-state index is 10.9. The van der Waals surface area contributed by atoms with Gasteiger partial charge in [0.15, 0.2) is 0 Å². The molecule has 7 nitrogen and oxygen atoms in total. The van der Waals surface area contributed by atoms with Crippen molar-refractivity contribution < 1.29 is 19.5 Å². The Morgan fingerprint density at radius 3 is 2.83 bits per heavy atom. The largest absolute Gasteiger partial charge is 0.496 e. The molecule has 0 heterocycles. The maximum Gasteiger partial charge on any atom is 0.296 e. The summed E-state index contributed by atoms with van der Waals surface area (Å²) in [5.41, 5.74) is 0.366. The van der Waals surface area contributed by atoms with Crippen molar-refractivity contribution >= 4 is 11.4 Å². The summed E-state index contributed by atoms with van der Waals surface area (Å²) in [5.74, 6) is 0.434. The third-order valence-corrected chi connectivity index (χ3v) is 2.20. The minimum atomic E-state index is -0.473. The molecule has 1 aromatic carbocycles. The number of hydrogen-bond donors (Lipinski definition) is 2. The predicted octanol–water partition coefficient (Wildman–Crippen LogP) is 1.02. The van der Waals surface area contributed by atoms with E-state index >= 15 is 0 Å². The summed E-state index contributed by atoms with van der Waals surface area (Å²) in [5, 5.41) is 22.3. The molecule has 0 aliphatic carbocycles. The van der Waals surface area contributed by atoms with Gasteiger partial charge in [0.2, 0.25) is 0 Å². The number of ether oxygens (including phenoxy) is 2. The van der Waals surface area contributed by atoms with E-state index in [1.165, 1.54) is 13.2 Å². The standard InChI is InChI=1S/C11H16N2O5/c1-17-9-2-3-10(11(8-9)13(15)16)12-4-6-18-7-5-14/h2-3,8,12,14H,4-7H2,1H3. The van der Waals surface area contributed by atoms with Crippen LogP contribution in [-0.4, -0.2) is 43.5 Å². The summed E-state index contributed by atoms with van der Waals surface area (Å²) in [6.07, 6.45) is 0. The number of aliphatic hydroxyl groups excluding tert-OH is 1. The van der Waals surface area contributed by atoms with Gasteiger partial charge >= 0.3 is 0 Å². The zero-order chi connectivity index (χ0) is 13.4. The van der Waals surface area contributed by atoms with E-state index < -0.39 is 4.92 Å². The fourth-order valence-corrected chi connectivity index (χ4v) is 1.36. The van der Waals surface area contributed by atoms with Gasteiger partial charge in [0.1, 0.15) is 11.4 Å². The van der Waals surface area contributed by atoms with Gasteiger partial charge in [0, 0.05) is 6.54 Å². The number of nitrogens with zero attached hydrogens (tertiary/aromatic N) is 1. The van der Waals surface area contributed by atoms with Crippen LogP contribution in [0.5, 0.6) is 5.75 Å². The number of nitro groups is 1. The second-order valence-corrected chi connectivity index (χ2v) is 3.40. The SMILES string of the molecule is COc1ccc(NCCOCCO)c([N+](=O)[O-])c1. The third-order valence-electron chi connectivity index (χ3n) is 2.20. The van der Waals surface area contributed by atoms with Gasteiger partial charge in [-0.05, 0) is 12.1 Å². The predicted molar refractivity (Wildman–Crippen MR) is 66.0 cm³/mol. The Balaban J connectivity index is 2.61. The highest BCUT2D eigenvalue weighted by Crippen LogP contribution is 2.28. The van der Waals surface area contributed by atoms with Crippen LogP contribution in [0.3, 0.4) is 0 Å². The summed E-state index contributed by atoms with van der Waals surface area (Å²) in [4.78, 5) is 10.4. The maximum atomic E-state index is 10.9. The fraction of sp³-hybridized carbons (Fsp3) is 0.455. The molecule has 0 unspecified atom stereocenters. The van der Waals surface area contributed by atoms with E-state index in [1.54, 1.807) is 12.1 Å². The van der Waals surface area contributed by atoms with Crippen LogP contribution in [0, 0.1) is 10.1 Å². The topological polar surface area (TPSA) is 93.9 Å². The Kier molecular flexibility index (Phi) is 5.89. The first-order valence-corrected chi connectivity index (χ1v) is 5.44. The first kappa shape index (κ1) is 14.2. The van der Waals surface area contributed by atoms with Gasteiger partial charge in [0.05, 0.1) is 37.9 Å². The average Bonchev–Trinajstić information content (AvgIpc) is 2.38. The van der Waals surface area contributed by atoms with Crippen LogP contribution < -0.4 is 10.1 Å². The van der Waals surface area contributed by atoms with Crippen molar-refractivity contribution in [1.29, 1.82) is 0 Å². The molecule has 2 N–H and O–H groups in total. The van der Waals surface area contributed by atoms with Crippen molar-refractivity contribution in [2.75, 3.05) is 38.8 Å². The second kappa shape index (κ2) is 7.46. The van der Waals surface area contributed by atoms with Gasteiger partial charge in [0.25, 0.3) is 5.69 Å². The molecule has 0 saturated carbocycles. The number of methoxy groups -OCH3 is 1. The quantitative estimate of drug-likeness (QED) is 0.410. The fourth-order valence-electron chi connectivity index (χ4n) is 1.36. The van der Waals surface area contributed by atoms with E-state index in [1.807, 2.05) is 0 Å². The first-order valence-electron chi connectivity index (χ1n) is 5.44. The lowest BCUT2D eigenvalue weighted by Gasteiger charge is -2.08. The van der Waals surface area contributed by atoms with E-state index in [4.69, 9.17) is 14.6 Å². The molecule has 100 valence electrons. The number of rotatable bonds is 8. The number of hydrogen-bond acceptors (Lipinski definition) is 6. The molecule has 0 aliphatic rings. The molecule has 1 aromatic rings. The molecule has 0 amide bonds. The molecular weight excluding hydrogens is 240 g/mol. The summed E-state index contributed by atoms with van der Waals surface area (Å²) >= 11 is 0. The summed E-state index contributed by atoms with van der Waals surface area (Å²) < 4.78 is 9.98. The Hall–Kier alpha value is -1.86. The lowest BCUT2D eigenvalue weighted by molar-refractivity contribution is -0.384. The number of benzene rings is 1. The molecule has 0 atom stereocenters. The molecule has 1 rings (SSSR count). The highest BCUT2D eigenvalue weighted by molar-refractivity contribution is 5.63. The van der Waals surface area contributed by atoms with Crippen LogP contribution in [0.15, 0.2) is 18.2 Å².